The predicted octanol–water partition coefficient (Wildman–Crippen LogP) is 3.84. The number of benzene rings is 1. The average molecular weight is 245 g/mol. The zero-order chi connectivity index (χ0) is 12.4. The van der Waals surface area contributed by atoms with Crippen molar-refractivity contribution in [3.63, 3.8) is 0 Å². The Morgan fingerprint density at radius 3 is 2.61 bits per heavy atom. The van der Waals surface area contributed by atoms with E-state index in [1.165, 1.54) is 37.8 Å². The lowest BCUT2D eigenvalue weighted by molar-refractivity contribution is -0.114. The topological polar surface area (TPSA) is 21.3 Å². The summed E-state index contributed by atoms with van der Waals surface area (Å²) >= 11 is 0. The van der Waals surface area contributed by atoms with Gasteiger partial charge >= 0.3 is 0 Å². The molecule has 0 amide bonds. The molecule has 2 fully saturated rings. The lowest BCUT2D eigenvalue weighted by Crippen LogP contribution is -2.60. The SMILES string of the molecule is CCOC1CC(Nc2ccccc2)C12CCCC2. The highest BCUT2D eigenvalue weighted by Gasteiger charge is 2.56. The van der Waals surface area contributed by atoms with Crippen molar-refractivity contribution >= 4 is 5.69 Å². The molecule has 0 saturated heterocycles. The summed E-state index contributed by atoms with van der Waals surface area (Å²) in [7, 11) is 0. The molecule has 2 nitrogen and oxygen atoms in total. The van der Waals surface area contributed by atoms with Crippen LogP contribution < -0.4 is 5.32 Å². The fraction of sp³-hybridized carbons (Fsp3) is 0.625. The van der Waals surface area contributed by atoms with Crippen LogP contribution in [0.2, 0.25) is 0 Å². The van der Waals surface area contributed by atoms with E-state index in [0.29, 0.717) is 17.6 Å². The van der Waals surface area contributed by atoms with Crippen molar-refractivity contribution in [1.82, 2.24) is 0 Å². The van der Waals surface area contributed by atoms with Crippen molar-refractivity contribution in [2.45, 2.75) is 51.2 Å². The van der Waals surface area contributed by atoms with Crippen LogP contribution in [0, 0.1) is 5.41 Å². The smallest absolute Gasteiger partial charge is 0.0670 e. The molecule has 0 aliphatic heterocycles. The summed E-state index contributed by atoms with van der Waals surface area (Å²) in [6, 6.07) is 11.2. The molecule has 1 spiro atoms. The summed E-state index contributed by atoms with van der Waals surface area (Å²) in [6.45, 7) is 2.96. The maximum absolute atomic E-state index is 5.94. The van der Waals surface area contributed by atoms with Crippen LogP contribution in [0.3, 0.4) is 0 Å². The zero-order valence-corrected chi connectivity index (χ0v) is 11.2. The van der Waals surface area contributed by atoms with Gasteiger partial charge in [0.25, 0.3) is 0 Å². The summed E-state index contributed by atoms with van der Waals surface area (Å²) in [5.74, 6) is 0. The van der Waals surface area contributed by atoms with Gasteiger partial charge in [-0.25, -0.2) is 0 Å². The Hall–Kier alpha value is -1.02. The number of hydrogen-bond acceptors (Lipinski definition) is 2. The van der Waals surface area contributed by atoms with E-state index in [9.17, 15) is 0 Å². The Kier molecular flexibility index (Phi) is 3.29. The number of para-hydroxylation sites is 1. The quantitative estimate of drug-likeness (QED) is 0.870. The van der Waals surface area contributed by atoms with E-state index in [1.807, 2.05) is 0 Å². The van der Waals surface area contributed by atoms with Crippen LogP contribution in [-0.4, -0.2) is 18.8 Å². The number of ether oxygens (including phenoxy) is 1. The predicted molar refractivity (Wildman–Crippen MR) is 74.8 cm³/mol. The van der Waals surface area contributed by atoms with Gasteiger partial charge in [-0.1, -0.05) is 31.0 Å². The van der Waals surface area contributed by atoms with Gasteiger partial charge in [-0.05, 0) is 38.3 Å². The minimum Gasteiger partial charge on any atom is -0.382 e. The van der Waals surface area contributed by atoms with Crippen LogP contribution in [0.4, 0.5) is 5.69 Å². The summed E-state index contributed by atoms with van der Waals surface area (Å²) in [4.78, 5) is 0. The molecule has 2 aliphatic rings. The Morgan fingerprint density at radius 1 is 1.22 bits per heavy atom. The zero-order valence-electron chi connectivity index (χ0n) is 11.2. The first-order valence-corrected chi connectivity index (χ1v) is 7.28. The Balaban J connectivity index is 1.70. The minimum absolute atomic E-state index is 0.422. The van der Waals surface area contributed by atoms with Crippen LogP contribution in [0.15, 0.2) is 30.3 Å². The monoisotopic (exact) mass is 245 g/mol. The van der Waals surface area contributed by atoms with Crippen LogP contribution in [0.1, 0.15) is 39.0 Å². The molecule has 0 radical (unpaired) electrons. The van der Waals surface area contributed by atoms with E-state index in [2.05, 4.69) is 42.6 Å². The molecule has 1 N–H and O–H groups in total. The minimum atomic E-state index is 0.422. The molecule has 2 atom stereocenters. The third-order valence-electron chi connectivity index (χ3n) is 4.80. The second-order valence-electron chi connectivity index (χ2n) is 5.68. The standard InChI is InChI=1S/C16H23NO/c1-2-18-15-12-14(16(15)10-6-7-11-16)17-13-8-4-3-5-9-13/h3-5,8-9,14-15,17H,2,6-7,10-12H2,1H3. The van der Waals surface area contributed by atoms with Crippen LogP contribution in [0.5, 0.6) is 0 Å². The van der Waals surface area contributed by atoms with Gasteiger partial charge in [0.1, 0.15) is 0 Å². The van der Waals surface area contributed by atoms with E-state index < -0.39 is 0 Å². The van der Waals surface area contributed by atoms with Crippen LogP contribution >= 0.6 is 0 Å². The highest BCUT2D eigenvalue weighted by Crippen LogP contribution is 2.55. The van der Waals surface area contributed by atoms with Crippen molar-refractivity contribution in [1.29, 1.82) is 0 Å². The van der Waals surface area contributed by atoms with Crippen LogP contribution in [0.25, 0.3) is 0 Å². The van der Waals surface area contributed by atoms with Crippen LogP contribution in [-0.2, 0) is 4.74 Å². The number of nitrogens with one attached hydrogen (secondary N) is 1. The van der Waals surface area contributed by atoms with Gasteiger partial charge in [0.05, 0.1) is 6.10 Å². The summed E-state index contributed by atoms with van der Waals surface area (Å²) in [6.07, 6.45) is 7.08. The molecule has 0 bridgehead atoms. The average Bonchev–Trinajstić information content (AvgIpc) is 2.91. The van der Waals surface area contributed by atoms with E-state index in [1.54, 1.807) is 0 Å². The molecule has 2 aliphatic carbocycles. The molecule has 2 saturated carbocycles. The van der Waals surface area contributed by atoms with E-state index in [4.69, 9.17) is 4.74 Å². The van der Waals surface area contributed by atoms with E-state index in [0.717, 1.165) is 6.61 Å². The van der Waals surface area contributed by atoms with Crippen molar-refractivity contribution in [3.05, 3.63) is 30.3 Å². The molecule has 1 aromatic rings. The van der Waals surface area contributed by atoms with Gasteiger partial charge < -0.3 is 10.1 Å². The molecule has 98 valence electrons. The fourth-order valence-corrected chi connectivity index (χ4v) is 3.82. The molecule has 18 heavy (non-hydrogen) atoms. The van der Waals surface area contributed by atoms with Gasteiger partial charge in [-0.2, -0.15) is 0 Å². The first-order valence-electron chi connectivity index (χ1n) is 7.28. The first-order chi connectivity index (χ1) is 8.85. The molecule has 2 unspecified atom stereocenters. The molecular weight excluding hydrogens is 222 g/mol. The van der Waals surface area contributed by atoms with Gasteiger partial charge in [0, 0.05) is 23.8 Å². The van der Waals surface area contributed by atoms with Crippen molar-refractivity contribution in [2.75, 3.05) is 11.9 Å². The summed E-state index contributed by atoms with van der Waals surface area (Å²) in [5.41, 5.74) is 1.68. The summed E-state index contributed by atoms with van der Waals surface area (Å²) in [5, 5.41) is 3.72. The van der Waals surface area contributed by atoms with Gasteiger partial charge in [0.2, 0.25) is 0 Å². The van der Waals surface area contributed by atoms with Crippen molar-refractivity contribution in [2.24, 2.45) is 5.41 Å². The molecular formula is C16H23NO. The van der Waals surface area contributed by atoms with Gasteiger partial charge in [0.15, 0.2) is 0 Å². The Labute approximate surface area is 110 Å². The van der Waals surface area contributed by atoms with E-state index >= 15 is 0 Å². The largest absolute Gasteiger partial charge is 0.382 e. The summed E-state index contributed by atoms with van der Waals surface area (Å²) < 4.78 is 5.94. The third kappa shape index (κ3) is 1.93. The lowest BCUT2D eigenvalue weighted by atomic mass is 9.60. The molecule has 0 heterocycles. The van der Waals surface area contributed by atoms with Gasteiger partial charge in [-0.3, -0.25) is 0 Å². The number of rotatable bonds is 4. The maximum Gasteiger partial charge on any atom is 0.0670 e. The number of anilines is 1. The third-order valence-corrected chi connectivity index (χ3v) is 4.80. The molecule has 2 heteroatoms. The highest BCUT2D eigenvalue weighted by molar-refractivity contribution is 5.45. The lowest BCUT2D eigenvalue weighted by Gasteiger charge is -2.54. The second-order valence-corrected chi connectivity index (χ2v) is 5.68. The molecule has 3 rings (SSSR count). The number of hydrogen-bond donors (Lipinski definition) is 1. The molecule has 1 aromatic carbocycles. The Bertz CT molecular complexity index is 383. The van der Waals surface area contributed by atoms with E-state index in [-0.39, 0.29) is 0 Å². The highest BCUT2D eigenvalue weighted by atomic mass is 16.5. The maximum atomic E-state index is 5.94. The van der Waals surface area contributed by atoms with Crippen molar-refractivity contribution < 1.29 is 4.74 Å². The first kappa shape index (κ1) is 12.0. The normalized spacial score (nSPS) is 29.2. The van der Waals surface area contributed by atoms with Crippen molar-refractivity contribution in [3.8, 4) is 0 Å². The fourth-order valence-electron chi connectivity index (χ4n) is 3.82. The molecule has 0 aromatic heterocycles. The Morgan fingerprint density at radius 2 is 1.94 bits per heavy atom. The second kappa shape index (κ2) is 4.93. The van der Waals surface area contributed by atoms with Gasteiger partial charge in [-0.15, -0.1) is 0 Å².